The first-order valence-corrected chi connectivity index (χ1v) is 9.78. The van der Waals surface area contributed by atoms with Gasteiger partial charge in [-0.1, -0.05) is 12.1 Å². The maximum Gasteiger partial charge on any atom is 0.277 e. The SMILES string of the molecule is CCOc1cc(/C=N\NC(=O)COc2cccc(C)c2C)c(Br)c(Br)c1O. The fourth-order valence-electron chi connectivity index (χ4n) is 2.20. The molecule has 0 fully saturated rings. The summed E-state index contributed by atoms with van der Waals surface area (Å²) in [4.78, 5) is 11.9. The lowest BCUT2D eigenvalue weighted by Gasteiger charge is -2.11. The van der Waals surface area contributed by atoms with Crippen LogP contribution in [0.2, 0.25) is 0 Å². The number of carbonyl (C=O) groups excluding carboxylic acids is 1. The number of halogens is 2. The van der Waals surface area contributed by atoms with E-state index in [0.29, 0.717) is 32.6 Å². The molecule has 8 heteroatoms. The van der Waals surface area contributed by atoms with Crippen molar-refractivity contribution in [2.75, 3.05) is 13.2 Å². The number of hydrogen-bond acceptors (Lipinski definition) is 5. The third kappa shape index (κ3) is 5.46. The number of carbonyl (C=O) groups is 1. The number of aryl methyl sites for hydroxylation is 1. The minimum Gasteiger partial charge on any atom is -0.503 e. The lowest BCUT2D eigenvalue weighted by atomic mass is 10.1. The molecular formula is C19H20Br2N2O4. The highest BCUT2D eigenvalue weighted by molar-refractivity contribution is 9.13. The van der Waals surface area contributed by atoms with Crippen LogP contribution in [-0.4, -0.2) is 30.4 Å². The third-order valence-corrected chi connectivity index (χ3v) is 5.94. The summed E-state index contributed by atoms with van der Waals surface area (Å²) >= 11 is 6.66. The average Bonchev–Trinajstić information content (AvgIpc) is 2.65. The van der Waals surface area contributed by atoms with Crippen LogP contribution < -0.4 is 14.9 Å². The number of phenolic OH excluding ortho intramolecular Hbond substituents is 1. The van der Waals surface area contributed by atoms with Crippen LogP contribution in [-0.2, 0) is 4.79 Å². The molecule has 2 aromatic carbocycles. The summed E-state index contributed by atoms with van der Waals surface area (Å²) < 4.78 is 11.9. The zero-order chi connectivity index (χ0) is 20.0. The Bertz CT molecular complexity index is 869. The number of amides is 1. The zero-order valence-corrected chi connectivity index (χ0v) is 18.3. The van der Waals surface area contributed by atoms with Crippen LogP contribution in [0.1, 0.15) is 23.6 Å². The van der Waals surface area contributed by atoms with Crippen molar-refractivity contribution in [3.63, 3.8) is 0 Å². The van der Waals surface area contributed by atoms with Crippen molar-refractivity contribution in [1.29, 1.82) is 0 Å². The van der Waals surface area contributed by atoms with Gasteiger partial charge < -0.3 is 14.6 Å². The summed E-state index contributed by atoms with van der Waals surface area (Å²) in [6.45, 7) is 6.00. The highest BCUT2D eigenvalue weighted by Crippen LogP contribution is 2.41. The Hall–Kier alpha value is -2.06. The van der Waals surface area contributed by atoms with Crippen LogP contribution in [0.3, 0.4) is 0 Å². The number of hydrazone groups is 1. The summed E-state index contributed by atoms with van der Waals surface area (Å²) in [6.07, 6.45) is 1.45. The third-order valence-electron chi connectivity index (χ3n) is 3.78. The van der Waals surface area contributed by atoms with Gasteiger partial charge in [-0.05, 0) is 75.9 Å². The molecule has 0 aliphatic rings. The van der Waals surface area contributed by atoms with E-state index < -0.39 is 0 Å². The second-order valence-corrected chi connectivity index (χ2v) is 7.24. The van der Waals surface area contributed by atoms with E-state index in [4.69, 9.17) is 9.47 Å². The lowest BCUT2D eigenvalue weighted by molar-refractivity contribution is -0.123. The molecule has 2 rings (SSSR count). The molecule has 0 aromatic heterocycles. The van der Waals surface area contributed by atoms with Gasteiger partial charge in [0.05, 0.1) is 17.3 Å². The zero-order valence-electron chi connectivity index (χ0n) is 15.2. The van der Waals surface area contributed by atoms with Crippen molar-refractivity contribution in [2.45, 2.75) is 20.8 Å². The maximum absolute atomic E-state index is 11.9. The number of hydrogen-bond donors (Lipinski definition) is 2. The van der Waals surface area contributed by atoms with Crippen LogP contribution in [0.25, 0.3) is 0 Å². The summed E-state index contributed by atoms with van der Waals surface area (Å²) in [5.41, 5.74) is 5.13. The Morgan fingerprint density at radius 1 is 1.22 bits per heavy atom. The topological polar surface area (TPSA) is 80.2 Å². The number of phenols is 1. The molecule has 0 saturated carbocycles. The molecule has 0 heterocycles. The Kier molecular flexibility index (Phi) is 7.67. The van der Waals surface area contributed by atoms with Gasteiger partial charge in [-0.3, -0.25) is 4.79 Å². The minimum absolute atomic E-state index is 0.00756. The molecule has 0 aliphatic heterocycles. The van der Waals surface area contributed by atoms with Gasteiger partial charge >= 0.3 is 0 Å². The predicted molar refractivity (Wildman–Crippen MR) is 112 cm³/mol. The maximum atomic E-state index is 11.9. The van der Waals surface area contributed by atoms with Crippen LogP contribution >= 0.6 is 31.9 Å². The van der Waals surface area contributed by atoms with E-state index in [1.54, 1.807) is 6.07 Å². The molecule has 0 radical (unpaired) electrons. The number of nitrogens with zero attached hydrogens (tertiary/aromatic N) is 1. The van der Waals surface area contributed by atoms with Crippen molar-refractivity contribution < 1.29 is 19.4 Å². The van der Waals surface area contributed by atoms with Gasteiger partial charge in [-0.15, -0.1) is 0 Å². The Labute approximate surface area is 174 Å². The summed E-state index contributed by atoms with van der Waals surface area (Å²) in [6, 6.07) is 7.30. The molecule has 27 heavy (non-hydrogen) atoms. The van der Waals surface area contributed by atoms with Crippen LogP contribution in [0.5, 0.6) is 17.2 Å². The molecule has 1 amide bonds. The van der Waals surface area contributed by atoms with Gasteiger partial charge in [0.25, 0.3) is 5.91 Å². The largest absolute Gasteiger partial charge is 0.503 e. The molecule has 6 nitrogen and oxygen atoms in total. The number of aromatic hydroxyl groups is 1. The molecule has 144 valence electrons. The van der Waals surface area contributed by atoms with Crippen molar-refractivity contribution >= 4 is 44.0 Å². The van der Waals surface area contributed by atoms with Gasteiger partial charge in [0.15, 0.2) is 18.1 Å². The molecule has 0 atom stereocenters. The second kappa shape index (κ2) is 9.75. The van der Waals surface area contributed by atoms with Gasteiger partial charge in [0.1, 0.15) is 5.75 Å². The molecule has 0 aliphatic carbocycles. The summed E-state index contributed by atoms with van der Waals surface area (Å²) in [7, 11) is 0. The summed E-state index contributed by atoms with van der Waals surface area (Å²) in [5.74, 6) is 0.595. The van der Waals surface area contributed by atoms with Gasteiger partial charge in [0.2, 0.25) is 0 Å². The molecule has 0 spiro atoms. The predicted octanol–water partition coefficient (Wildman–Crippen LogP) is 4.46. The van der Waals surface area contributed by atoms with E-state index >= 15 is 0 Å². The number of rotatable bonds is 7. The van der Waals surface area contributed by atoms with E-state index in [1.165, 1.54) is 6.21 Å². The normalized spacial score (nSPS) is 10.9. The minimum atomic E-state index is -0.383. The molecule has 0 unspecified atom stereocenters. The van der Waals surface area contributed by atoms with E-state index in [-0.39, 0.29) is 18.3 Å². The van der Waals surface area contributed by atoms with Crippen molar-refractivity contribution in [3.8, 4) is 17.2 Å². The van der Waals surface area contributed by atoms with E-state index in [9.17, 15) is 9.90 Å². The van der Waals surface area contributed by atoms with Gasteiger partial charge in [-0.25, -0.2) is 5.43 Å². The fourth-order valence-corrected chi connectivity index (χ4v) is 3.03. The molecule has 2 aromatic rings. The molecule has 2 N–H and O–H groups in total. The van der Waals surface area contributed by atoms with Crippen LogP contribution in [0.15, 0.2) is 38.3 Å². The Morgan fingerprint density at radius 2 is 1.96 bits per heavy atom. The van der Waals surface area contributed by atoms with Gasteiger partial charge in [-0.2, -0.15) is 5.10 Å². The van der Waals surface area contributed by atoms with Gasteiger partial charge in [0, 0.05) is 10.0 Å². The smallest absolute Gasteiger partial charge is 0.277 e. The first-order chi connectivity index (χ1) is 12.8. The quantitative estimate of drug-likeness (QED) is 0.435. The highest BCUT2D eigenvalue weighted by atomic mass is 79.9. The van der Waals surface area contributed by atoms with Crippen LogP contribution in [0.4, 0.5) is 0 Å². The Balaban J connectivity index is 2.00. The summed E-state index contributed by atoms with van der Waals surface area (Å²) in [5, 5.41) is 14.0. The first-order valence-electron chi connectivity index (χ1n) is 8.19. The number of ether oxygens (including phenoxy) is 2. The fraction of sp³-hybridized carbons (Fsp3) is 0.263. The average molecular weight is 500 g/mol. The van der Waals surface area contributed by atoms with Crippen molar-refractivity contribution in [3.05, 3.63) is 49.9 Å². The van der Waals surface area contributed by atoms with E-state index in [1.807, 2.05) is 39.0 Å². The number of benzene rings is 2. The first kappa shape index (κ1) is 21.2. The van der Waals surface area contributed by atoms with Crippen molar-refractivity contribution in [2.24, 2.45) is 5.10 Å². The number of nitrogens with one attached hydrogen (secondary N) is 1. The molecule has 0 saturated heterocycles. The Morgan fingerprint density at radius 3 is 2.67 bits per heavy atom. The molecule has 0 bridgehead atoms. The second-order valence-electron chi connectivity index (χ2n) is 5.65. The molecular weight excluding hydrogens is 480 g/mol. The van der Waals surface area contributed by atoms with Crippen molar-refractivity contribution in [1.82, 2.24) is 5.43 Å². The van der Waals surface area contributed by atoms with Crippen LogP contribution in [0, 0.1) is 13.8 Å². The highest BCUT2D eigenvalue weighted by Gasteiger charge is 2.14. The van der Waals surface area contributed by atoms with E-state index in [0.717, 1.165) is 11.1 Å². The standard InChI is InChI=1S/C19H20Br2N2O4/c1-4-26-15-8-13(17(20)18(21)19(15)25)9-22-23-16(24)10-27-14-7-5-6-11(2)12(14)3/h5-9,25H,4,10H2,1-3H3,(H,23,24)/b22-9-. The lowest BCUT2D eigenvalue weighted by Crippen LogP contribution is -2.24. The monoisotopic (exact) mass is 498 g/mol. The van der Waals surface area contributed by atoms with E-state index in [2.05, 4.69) is 42.4 Å².